The molecule has 18 heavy (non-hydrogen) atoms. The first-order chi connectivity index (χ1) is 8.86. The summed E-state index contributed by atoms with van der Waals surface area (Å²) in [6.07, 6.45) is 4.13. The normalized spacial score (nSPS) is 24.9. The molecule has 0 saturated carbocycles. The van der Waals surface area contributed by atoms with Crippen LogP contribution in [0.25, 0.3) is 0 Å². The largest absolute Gasteiger partial charge is 0.370 e. The summed E-state index contributed by atoms with van der Waals surface area (Å²) >= 11 is 3.50. The summed E-state index contributed by atoms with van der Waals surface area (Å²) in [4.78, 5) is 5.23. The molecule has 98 valence electrons. The molecule has 2 nitrogen and oxygen atoms in total. The Balaban J connectivity index is 1.63. The van der Waals surface area contributed by atoms with Crippen molar-refractivity contribution in [1.82, 2.24) is 4.90 Å². The lowest BCUT2D eigenvalue weighted by molar-refractivity contribution is 0.260. The molecule has 0 amide bonds. The Labute approximate surface area is 118 Å². The van der Waals surface area contributed by atoms with Crippen molar-refractivity contribution < 1.29 is 0 Å². The fourth-order valence-corrected chi connectivity index (χ4v) is 3.55. The standard InChI is InChI=1S/C15H21BrN2/c16-11-13-3-5-14(6-4-13)18-10-7-15(12-18)17-8-1-2-9-17/h3-6,15H,1-2,7-12H2. The summed E-state index contributed by atoms with van der Waals surface area (Å²) < 4.78 is 0. The minimum atomic E-state index is 0.795. The van der Waals surface area contributed by atoms with Gasteiger partial charge in [-0.1, -0.05) is 28.1 Å². The molecule has 1 aromatic rings. The van der Waals surface area contributed by atoms with E-state index in [2.05, 4.69) is 50.0 Å². The van der Waals surface area contributed by atoms with Crippen LogP contribution in [-0.2, 0) is 5.33 Å². The molecule has 1 aromatic carbocycles. The Bertz CT molecular complexity index is 384. The zero-order chi connectivity index (χ0) is 12.4. The number of hydrogen-bond acceptors (Lipinski definition) is 2. The van der Waals surface area contributed by atoms with Gasteiger partial charge in [-0.05, 0) is 50.0 Å². The quantitative estimate of drug-likeness (QED) is 0.791. The van der Waals surface area contributed by atoms with Crippen LogP contribution in [0.1, 0.15) is 24.8 Å². The van der Waals surface area contributed by atoms with Crippen molar-refractivity contribution in [3.05, 3.63) is 29.8 Å². The molecule has 1 atom stereocenters. The van der Waals surface area contributed by atoms with Gasteiger partial charge in [0.05, 0.1) is 0 Å². The predicted molar refractivity (Wildman–Crippen MR) is 80.5 cm³/mol. The van der Waals surface area contributed by atoms with Gasteiger partial charge in [-0.2, -0.15) is 0 Å². The van der Waals surface area contributed by atoms with E-state index >= 15 is 0 Å². The highest BCUT2D eigenvalue weighted by atomic mass is 79.9. The second-order valence-electron chi connectivity index (χ2n) is 5.43. The number of benzene rings is 1. The van der Waals surface area contributed by atoms with Crippen molar-refractivity contribution in [1.29, 1.82) is 0 Å². The number of rotatable bonds is 3. The van der Waals surface area contributed by atoms with Crippen LogP contribution < -0.4 is 4.90 Å². The van der Waals surface area contributed by atoms with Crippen LogP contribution >= 0.6 is 15.9 Å². The summed E-state index contributed by atoms with van der Waals surface area (Å²) in [5.41, 5.74) is 2.75. The van der Waals surface area contributed by atoms with E-state index in [-0.39, 0.29) is 0 Å². The van der Waals surface area contributed by atoms with Crippen molar-refractivity contribution in [2.75, 3.05) is 31.1 Å². The summed E-state index contributed by atoms with van der Waals surface area (Å²) in [5.74, 6) is 0. The van der Waals surface area contributed by atoms with Gasteiger partial charge in [-0.3, -0.25) is 4.90 Å². The monoisotopic (exact) mass is 308 g/mol. The third-order valence-corrected chi connectivity index (χ3v) is 4.92. The Kier molecular flexibility index (Phi) is 3.90. The van der Waals surface area contributed by atoms with Gasteiger partial charge >= 0.3 is 0 Å². The Morgan fingerprint density at radius 2 is 1.78 bits per heavy atom. The first kappa shape index (κ1) is 12.5. The third-order valence-electron chi connectivity index (χ3n) is 4.28. The molecule has 3 heteroatoms. The summed E-state index contributed by atoms with van der Waals surface area (Å²) in [6, 6.07) is 9.79. The van der Waals surface area contributed by atoms with E-state index in [1.807, 2.05) is 0 Å². The molecular weight excluding hydrogens is 288 g/mol. The molecular formula is C15H21BrN2. The molecule has 0 radical (unpaired) electrons. The molecule has 2 saturated heterocycles. The molecule has 3 rings (SSSR count). The fraction of sp³-hybridized carbons (Fsp3) is 0.600. The van der Waals surface area contributed by atoms with Crippen LogP contribution in [0.5, 0.6) is 0 Å². The van der Waals surface area contributed by atoms with Gasteiger partial charge < -0.3 is 4.90 Å². The zero-order valence-electron chi connectivity index (χ0n) is 10.8. The number of likely N-dealkylation sites (tertiary alicyclic amines) is 1. The van der Waals surface area contributed by atoms with E-state index in [1.165, 1.54) is 56.7 Å². The highest BCUT2D eigenvalue weighted by Crippen LogP contribution is 2.25. The van der Waals surface area contributed by atoms with Crippen LogP contribution in [0.3, 0.4) is 0 Å². The van der Waals surface area contributed by atoms with E-state index in [9.17, 15) is 0 Å². The van der Waals surface area contributed by atoms with E-state index in [0.717, 1.165) is 11.4 Å². The molecule has 0 aromatic heterocycles. The summed E-state index contributed by atoms with van der Waals surface area (Å²) in [6.45, 7) is 5.07. The lowest BCUT2D eigenvalue weighted by Gasteiger charge is -2.24. The maximum absolute atomic E-state index is 3.50. The molecule has 2 aliphatic heterocycles. The lowest BCUT2D eigenvalue weighted by atomic mass is 10.2. The highest BCUT2D eigenvalue weighted by Gasteiger charge is 2.29. The number of nitrogens with zero attached hydrogens (tertiary/aromatic N) is 2. The summed E-state index contributed by atoms with van der Waals surface area (Å²) in [5, 5.41) is 0.948. The van der Waals surface area contributed by atoms with E-state index < -0.39 is 0 Å². The smallest absolute Gasteiger partial charge is 0.0366 e. The maximum Gasteiger partial charge on any atom is 0.0366 e. The molecule has 1 unspecified atom stereocenters. The van der Waals surface area contributed by atoms with Crippen molar-refractivity contribution in [2.45, 2.75) is 30.6 Å². The van der Waals surface area contributed by atoms with Crippen LogP contribution in [0.2, 0.25) is 0 Å². The van der Waals surface area contributed by atoms with Crippen LogP contribution in [-0.4, -0.2) is 37.1 Å². The zero-order valence-corrected chi connectivity index (χ0v) is 12.4. The molecule has 0 aliphatic carbocycles. The SMILES string of the molecule is BrCc1ccc(N2CCC(N3CCCC3)C2)cc1. The Morgan fingerprint density at radius 1 is 1.06 bits per heavy atom. The first-order valence-corrected chi connectivity index (χ1v) is 8.13. The number of alkyl halides is 1. The average molecular weight is 309 g/mol. The highest BCUT2D eigenvalue weighted by molar-refractivity contribution is 9.08. The van der Waals surface area contributed by atoms with Gasteiger partial charge in [0.2, 0.25) is 0 Å². The second kappa shape index (κ2) is 5.62. The molecule has 2 heterocycles. The van der Waals surface area contributed by atoms with Crippen molar-refractivity contribution in [3.63, 3.8) is 0 Å². The minimum Gasteiger partial charge on any atom is -0.370 e. The van der Waals surface area contributed by atoms with Gasteiger partial charge in [0.25, 0.3) is 0 Å². The van der Waals surface area contributed by atoms with Gasteiger partial charge in [0.1, 0.15) is 0 Å². The van der Waals surface area contributed by atoms with Crippen LogP contribution in [0, 0.1) is 0 Å². The summed E-state index contributed by atoms with van der Waals surface area (Å²) in [7, 11) is 0. The van der Waals surface area contributed by atoms with Gasteiger partial charge in [-0.25, -0.2) is 0 Å². The van der Waals surface area contributed by atoms with E-state index in [4.69, 9.17) is 0 Å². The van der Waals surface area contributed by atoms with Crippen LogP contribution in [0.15, 0.2) is 24.3 Å². The van der Waals surface area contributed by atoms with Crippen molar-refractivity contribution >= 4 is 21.6 Å². The minimum absolute atomic E-state index is 0.795. The number of anilines is 1. The molecule has 2 fully saturated rings. The topological polar surface area (TPSA) is 6.48 Å². The molecule has 0 N–H and O–H groups in total. The van der Waals surface area contributed by atoms with Gasteiger partial charge in [-0.15, -0.1) is 0 Å². The molecule has 0 bridgehead atoms. The predicted octanol–water partition coefficient (Wildman–Crippen LogP) is 3.26. The van der Waals surface area contributed by atoms with Crippen molar-refractivity contribution in [3.8, 4) is 0 Å². The maximum atomic E-state index is 3.50. The number of halogens is 1. The van der Waals surface area contributed by atoms with Gasteiger partial charge in [0, 0.05) is 30.1 Å². The van der Waals surface area contributed by atoms with Crippen molar-refractivity contribution in [2.24, 2.45) is 0 Å². The van der Waals surface area contributed by atoms with E-state index in [0.29, 0.717) is 0 Å². The fourth-order valence-electron chi connectivity index (χ4n) is 3.18. The third kappa shape index (κ3) is 2.57. The molecule has 2 aliphatic rings. The average Bonchev–Trinajstić information content (AvgIpc) is 3.09. The lowest BCUT2D eigenvalue weighted by Crippen LogP contribution is -2.35. The Hall–Kier alpha value is -0.540. The Morgan fingerprint density at radius 3 is 2.44 bits per heavy atom. The second-order valence-corrected chi connectivity index (χ2v) is 5.99. The number of hydrogen-bond donors (Lipinski definition) is 0. The van der Waals surface area contributed by atoms with Gasteiger partial charge in [0.15, 0.2) is 0 Å². The molecule has 0 spiro atoms. The van der Waals surface area contributed by atoms with Crippen LogP contribution in [0.4, 0.5) is 5.69 Å². The van der Waals surface area contributed by atoms with E-state index in [1.54, 1.807) is 0 Å². The first-order valence-electron chi connectivity index (χ1n) is 7.01.